The summed E-state index contributed by atoms with van der Waals surface area (Å²) in [5, 5.41) is 12.2. The second-order valence-electron chi connectivity index (χ2n) is 4.71. The third kappa shape index (κ3) is 2.52. The first-order chi connectivity index (χ1) is 9.26. The summed E-state index contributed by atoms with van der Waals surface area (Å²) in [6.45, 7) is 1.86. The van der Waals surface area contributed by atoms with Crippen molar-refractivity contribution in [1.29, 1.82) is 5.26 Å². The van der Waals surface area contributed by atoms with Crippen molar-refractivity contribution in [2.45, 2.75) is 25.3 Å². The van der Waals surface area contributed by atoms with E-state index in [2.05, 4.69) is 26.3 Å². The number of rotatable bonds is 3. The van der Waals surface area contributed by atoms with Crippen LogP contribution in [0.2, 0.25) is 0 Å². The lowest BCUT2D eigenvalue weighted by atomic mass is 10.2. The van der Waals surface area contributed by atoms with Gasteiger partial charge in [0.05, 0.1) is 0 Å². The fourth-order valence-electron chi connectivity index (χ4n) is 2.17. The van der Waals surface area contributed by atoms with Gasteiger partial charge in [-0.25, -0.2) is 9.97 Å². The molecule has 0 aliphatic heterocycles. The van der Waals surface area contributed by atoms with Crippen LogP contribution < -0.4 is 5.32 Å². The van der Waals surface area contributed by atoms with E-state index in [1.165, 1.54) is 5.56 Å². The molecule has 0 spiro atoms. The van der Waals surface area contributed by atoms with E-state index in [-0.39, 0.29) is 0 Å². The van der Waals surface area contributed by atoms with Crippen LogP contribution in [0.1, 0.15) is 29.3 Å². The number of nitriles is 1. The average Bonchev–Trinajstić information content (AvgIpc) is 3.18. The van der Waals surface area contributed by atoms with E-state index in [4.69, 9.17) is 5.26 Å². The van der Waals surface area contributed by atoms with Gasteiger partial charge in [0.2, 0.25) is 5.95 Å². The van der Waals surface area contributed by atoms with Crippen molar-refractivity contribution in [2.75, 3.05) is 5.32 Å². The number of hydrogen-bond acceptors (Lipinski definition) is 5. The summed E-state index contributed by atoms with van der Waals surface area (Å²) in [5.41, 5.74) is 2.43. The molecule has 0 amide bonds. The molecule has 5 nitrogen and oxygen atoms in total. The van der Waals surface area contributed by atoms with Gasteiger partial charge in [-0.15, -0.1) is 0 Å². The Kier molecular flexibility index (Phi) is 2.84. The van der Waals surface area contributed by atoms with Crippen LogP contribution in [0.3, 0.4) is 0 Å². The summed E-state index contributed by atoms with van der Waals surface area (Å²) in [5.74, 6) is 0.997. The first kappa shape index (κ1) is 11.6. The predicted molar refractivity (Wildman–Crippen MR) is 70.5 cm³/mol. The van der Waals surface area contributed by atoms with Crippen LogP contribution in [-0.4, -0.2) is 21.0 Å². The highest BCUT2D eigenvalue weighted by Gasteiger charge is 2.39. The van der Waals surface area contributed by atoms with Gasteiger partial charge in [-0.1, -0.05) is 6.07 Å². The van der Waals surface area contributed by atoms with Crippen molar-refractivity contribution >= 4 is 5.95 Å². The highest BCUT2D eigenvalue weighted by atomic mass is 15.1. The van der Waals surface area contributed by atoms with Gasteiger partial charge in [0.25, 0.3) is 0 Å². The predicted octanol–water partition coefficient (Wildman–Crippen LogP) is 2.02. The molecule has 1 fully saturated rings. The lowest BCUT2D eigenvalue weighted by Gasteiger charge is -2.05. The lowest BCUT2D eigenvalue weighted by molar-refractivity contribution is 0.978. The zero-order valence-electron chi connectivity index (χ0n) is 10.5. The molecule has 1 saturated carbocycles. The van der Waals surface area contributed by atoms with Crippen molar-refractivity contribution in [3.05, 3.63) is 47.5 Å². The SMILES string of the molecule is Cc1cc(C#N)nc(N[C@H]2C[C@@H]2c2cccnc2)n1. The first-order valence-corrected chi connectivity index (χ1v) is 6.18. The van der Waals surface area contributed by atoms with Crippen molar-refractivity contribution in [3.63, 3.8) is 0 Å². The molecule has 2 atom stereocenters. The van der Waals surface area contributed by atoms with Gasteiger partial charge < -0.3 is 5.32 Å². The number of aryl methyl sites for hydroxylation is 1. The maximum atomic E-state index is 8.89. The third-order valence-electron chi connectivity index (χ3n) is 3.19. The molecule has 3 rings (SSSR count). The smallest absolute Gasteiger partial charge is 0.224 e. The van der Waals surface area contributed by atoms with E-state index in [0.29, 0.717) is 23.6 Å². The first-order valence-electron chi connectivity index (χ1n) is 6.18. The molecular weight excluding hydrogens is 238 g/mol. The normalized spacial score (nSPS) is 20.6. The molecule has 94 valence electrons. The highest BCUT2D eigenvalue weighted by Crippen LogP contribution is 2.41. The van der Waals surface area contributed by atoms with Crippen LogP contribution in [0.4, 0.5) is 5.95 Å². The van der Waals surface area contributed by atoms with E-state index in [0.717, 1.165) is 12.1 Å². The maximum absolute atomic E-state index is 8.89. The Hall–Kier alpha value is -2.48. The zero-order valence-corrected chi connectivity index (χ0v) is 10.5. The maximum Gasteiger partial charge on any atom is 0.224 e. The summed E-state index contributed by atoms with van der Waals surface area (Å²) in [4.78, 5) is 12.6. The number of anilines is 1. The minimum absolute atomic E-state index is 0.331. The molecule has 0 saturated heterocycles. The van der Waals surface area contributed by atoms with Crippen LogP contribution in [0.5, 0.6) is 0 Å². The van der Waals surface area contributed by atoms with Crippen LogP contribution in [-0.2, 0) is 0 Å². The van der Waals surface area contributed by atoms with Crippen molar-refractivity contribution in [1.82, 2.24) is 15.0 Å². The van der Waals surface area contributed by atoms with Gasteiger partial charge in [-0.2, -0.15) is 5.26 Å². The van der Waals surface area contributed by atoms with Crippen molar-refractivity contribution in [3.8, 4) is 6.07 Å². The topological polar surface area (TPSA) is 74.5 Å². The van der Waals surface area contributed by atoms with Gasteiger partial charge in [0.1, 0.15) is 11.8 Å². The van der Waals surface area contributed by atoms with E-state index in [1.807, 2.05) is 25.3 Å². The molecular formula is C14H13N5. The van der Waals surface area contributed by atoms with Gasteiger partial charge in [-0.05, 0) is 31.0 Å². The summed E-state index contributed by atoms with van der Waals surface area (Å²) >= 11 is 0. The highest BCUT2D eigenvalue weighted by molar-refractivity contribution is 5.39. The molecule has 5 heteroatoms. The summed E-state index contributed by atoms with van der Waals surface area (Å²) < 4.78 is 0. The Morgan fingerprint density at radius 1 is 1.42 bits per heavy atom. The second-order valence-corrected chi connectivity index (χ2v) is 4.71. The molecule has 0 bridgehead atoms. The number of aromatic nitrogens is 3. The van der Waals surface area contributed by atoms with Crippen molar-refractivity contribution < 1.29 is 0 Å². The standard InChI is InChI=1S/C14H13N5/c1-9-5-11(7-15)18-14(17-9)19-13-6-12(13)10-3-2-4-16-8-10/h2-5,8,12-13H,6H2,1H3,(H,17,18,19)/t12-,13+/m1/s1. The van der Waals surface area contributed by atoms with Gasteiger partial charge in [-0.3, -0.25) is 4.98 Å². The molecule has 1 aliphatic rings. The van der Waals surface area contributed by atoms with E-state index in [1.54, 1.807) is 12.3 Å². The van der Waals surface area contributed by atoms with Crippen LogP contribution >= 0.6 is 0 Å². The number of nitrogens with zero attached hydrogens (tertiary/aromatic N) is 4. The van der Waals surface area contributed by atoms with E-state index in [9.17, 15) is 0 Å². The summed E-state index contributed by atoms with van der Waals surface area (Å²) in [7, 11) is 0. The molecule has 0 aromatic carbocycles. The second kappa shape index (κ2) is 4.65. The molecule has 1 aliphatic carbocycles. The van der Waals surface area contributed by atoms with Crippen LogP contribution in [0.15, 0.2) is 30.6 Å². The lowest BCUT2D eigenvalue weighted by Crippen LogP contribution is -2.09. The van der Waals surface area contributed by atoms with E-state index < -0.39 is 0 Å². The minimum atomic E-state index is 0.331. The number of pyridine rings is 1. The Balaban J connectivity index is 1.71. The summed E-state index contributed by atoms with van der Waals surface area (Å²) in [6, 6.07) is 8.08. The van der Waals surface area contributed by atoms with E-state index >= 15 is 0 Å². The molecule has 0 unspecified atom stereocenters. The Morgan fingerprint density at radius 3 is 3.05 bits per heavy atom. The monoisotopic (exact) mass is 251 g/mol. The fourth-order valence-corrected chi connectivity index (χ4v) is 2.17. The molecule has 2 aromatic rings. The molecule has 2 heterocycles. The van der Waals surface area contributed by atoms with Crippen LogP contribution in [0.25, 0.3) is 0 Å². The number of nitrogens with one attached hydrogen (secondary N) is 1. The quantitative estimate of drug-likeness (QED) is 0.903. The molecule has 2 aromatic heterocycles. The summed E-state index contributed by atoms with van der Waals surface area (Å²) in [6.07, 6.45) is 4.71. The van der Waals surface area contributed by atoms with Gasteiger partial charge in [0, 0.05) is 30.0 Å². The Morgan fingerprint density at radius 2 is 2.32 bits per heavy atom. The van der Waals surface area contributed by atoms with Gasteiger partial charge in [0.15, 0.2) is 0 Å². The van der Waals surface area contributed by atoms with Crippen LogP contribution in [0, 0.1) is 18.3 Å². The minimum Gasteiger partial charge on any atom is -0.351 e. The molecule has 19 heavy (non-hydrogen) atoms. The molecule has 1 N–H and O–H groups in total. The third-order valence-corrected chi connectivity index (χ3v) is 3.19. The number of hydrogen-bond donors (Lipinski definition) is 1. The zero-order chi connectivity index (χ0) is 13.2. The van der Waals surface area contributed by atoms with Crippen molar-refractivity contribution in [2.24, 2.45) is 0 Å². The molecule has 0 radical (unpaired) electrons. The Labute approximate surface area is 111 Å². The van der Waals surface area contributed by atoms with Gasteiger partial charge >= 0.3 is 0 Å². The fraction of sp³-hybridized carbons (Fsp3) is 0.286. The largest absolute Gasteiger partial charge is 0.351 e. The Bertz CT molecular complexity index is 632. The average molecular weight is 251 g/mol.